The second kappa shape index (κ2) is 9.05. The van der Waals surface area contributed by atoms with Gasteiger partial charge in [-0.1, -0.05) is 10.9 Å². The second-order valence-electron chi connectivity index (χ2n) is 7.49. The molecule has 12 nitrogen and oxygen atoms in total. The Morgan fingerprint density at radius 1 is 0.970 bits per heavy atom. The average Bonchev–Trinajstić information content (AvgIpc) is 3.15. The van der Waals surface area contributed by atoms with Gasteiger partial charge in [-0.15, -0.1) is 5.10 Å². The molecule has 0 aliphatic heterocycles. The van der Waals surface area contributed by atoms with Crippen LogP contribution in [0, 0.1) is 6.92 Å². The van der Waals surface area contributed by atoms with Gasteiger partial charge in [0.05, 0.1) is 9.79 Å². The van der Waals surface area contributed by atoms with Crippen LogP contribution in [0.15, 0.2) is 46.2 Å². The van der Waals surface area contributed by atoms with E-state index >= 15 is 0 Å². The summed E-state index contributed by atoms with van der Waals surface area (Å²) in [5.74, 6) is -0.571. The molecule has 0 aliphatic carbocycles. The van der Waals surface area contributed by atoms with Crippen molar-refractivity contribution in [3.8, 4) is 0 Å². The first-order chi connectivity index (χ1) is 15.3. The molecule has 1 N–H and O–H groups in total. The van der Waals surface area contributed by atoms with Gasteiger partial charge in [0.15, 0.2) is 6.61 Å². The Balaban J connectivity index is 1.78. The highest BCUT2D eigenvalue weighted by Gasteiger charge is 2.21. The Morgan fingerprint density at radius 2 is 1.55 bits per heavy atom. The fraction of sp³-hybridized carbons (Fsp3) is 0.316. The van der Waals surface area contributed by atoms with Crippen molar-refractivity contribution in [1.29, 1.82) is 0 Å². The molecular weight excluding hydrogens is 472 g/mol. The molecule has 0 aliphatic rings. The van der Waals surface area contributed by atoms with E-state index < -0.39 is 32.6 Å². The first kappa shape index (κ1) is 24.6. The van der Waals surface area contributed by atoms with Gasteiger partial charge < -0.3 is 10.2 Å². The predicted molar refractivity (Wildman–Crippen MR) is 121 cm³/mol. The molecule has 0 atom stereocenters. The number of anilines is 1. The maximum Gasteiger partial charge on any atom is 0.265 e. The normalized spacial score (nSPS) is 12.5. The van der Waals surface area contributed by atoms with Crippen molar-refractivity contribution in [3.63, 3.8) is 0 Å². The van der Waals surface area contributed by atoms with Gasteiger partial charge in [0.2, 0.25) is 20.0 Å². The molecule has 0 spiro atoms. The summed E-state index contributed by atoms with van der Waals surface area (Å²) < 4.78 is 51.6. The van der Waals surface area contributed by atoms with E-state index in [0.717, 1.165) is 13.5 Å². The van der Waals surface area contributed by atoms with E-state index in [9.17, 15) is 21.6 Å². The molecule has 33 heavy (non-hydrogen) atoms. The Morgan fingerprint density at radius 3 is 2.15 bits per heavy atom. The Labute approximate surface area is 191 Å². The average molecular weight is 497 g/mol. The van der Waals surface area contributed by atoms with Crippen molar-refractivity contribution in [2.24, 2.45) is 0 Å². The third-order valence-corrected chi connectivity index (χ3v) is 8.37. The highest BCUT2D eigenvalue weighted by molar-refractivity contribution is 7.89. The van der Waals surface area contributed by atoms with Crippen LogP contribution < -0.4 is 10.2 Å². The number of aromatic nitrogens is 3. The standard InChI is InChI=1S/C19H24N6O6S2/c1-13-6-7-14(32(27,28)23(2)3)10-17(13)20-19(26)12-31-25-18-11-15(33(29,30)24(4)5)8-9-16(18)21-22-25/h6-11H,12H2,1-5H3,(H,20,26). The van der Waals surface area contributed by atoms with Crippen molar-refractivity contribution >= 4 is 42.7 Å². The number of nitrogens with zero attached hydrogens (tertiary/aromatic N) is 5. The lowest BCUT2D eigenvalue weighted by atomic mass is 10.2. The number of hydrogen-bond donors (Lipinski definition) is 1. The van der Waals surface area contributed by atoms with E-state index in [2.05, 4.69) is 15.6 Å². The minimum Gasteiger partial charge on any atom is -0.385 e. The highest BCUT2D eigenvalue weighted by Crippen LogP contribution is 2.22. The summed E-state index contributed by atoms with van der Waals surface area (Å²) in [5.41, 5.74) is 1.62. The maximum atomic E-state index is 12.4. The second-order valence-corrected chi connectivity index (χ2v) is 11.8. The molecule has 0 radical (unpaired) electrons. The molecule has 0 saturated heterocycles. The van der Waals surface area contributed by atoms with Gasteiger partial charge >= 0.3 is 0 Å². The third-order valence-electron chi connectivity index (χ3n) is 4.74. The number of carbonyl (C=O) groups is 1. The van der Waals surface area contributed by atoms with E-state index in [1.54, 1.807) is 13.0 Å². The van der Waals surface area contributed by atoms with Crippen LogP contribution in [0.2, 0.25) is 0 Å². The predicted octanol–water partition coefficient (Wildman–Crippen LogP) is 0.308. The van der Waals surface area contributed by atoms with E-state index in [4.69, 9.17) is 4.84 Å². The van der Waals surface area contributed by atoms with Crippen molar-refractivity contribution in [1.82, 2.24) is 23.8 Å². The fourth-order valence-corrected chi connectivity index (χ4v) is 4.61. The summed E-state index contributed by atoms with van der Waals surface area (Å²) in [6, 6.07) is 8.65. The number of carbonyl (C=O) groups excluding carboxylic acids is 1. The van der Waals surface area contributed by atoms with Gasteiger partial charge in [0.1, 0.15) is 11.0 Å². The molecule has 1 heterocycles. The summed E-state index contributed by atoms with van der Waals surface area (Å²) in [4.78, 5) is 18.9. The fourth-order valence-electron chi connectivity index (χ4n) is 2.76. The Kier molecular flexibility index (Phi) is 6.74. The van der Waals surface area contributed by atoms with Gasteiger partial charge in [0.25, 0.3) is 5.91 Å². The largest absolute Gasteiger partial charge is 0.385 e. The van der Waals surface area contributed by atoms with Crippen LogP contribution in [0.4, 0.5) is 5.69 Å². The van der Waals surface area contributed by atoms with Gasteiger partial charge in [-0.25, -0.2) is 25.4 Å². The van der Waals surface area contributed by atoms with Crippen LogP contribution in [0.5, 0.6) is 0 Å². The van der Waals surface area contributed by atoms with Crippen molar-refractivity contribution in [2.75, 3.05) is 40.1 Å². The maximum absolute atomic E-state index is 12.4. The van der Waals surface area contributed by atoms with Crippen molar-refractivity contribution in [3.05, 3.63) is 42.0 Å². The molecule has 1 aromatic heterocycles. The molecule has 2 aromatic carbocycles. The summed E-state index contributed by atoms with van der Waals surface area (Å²) >= 11 is 0. The van der Waals surface area contributed by atoms with Crippen LogP contribution in [-0.4, -0.2) is 81.3 Å². The molecule has 1 amide bonds. The Hall–Kier alpha value is -3.07. The molecule has 0 bridgehead atoms. The number of sulfonamides is 2. The molecule has 178 valence electrons. The monoisotopic (exact) mass is 496 g/mol. The van der Waals surface area contributed by atoms with Gasteiger partial charge in [-0.05, 0) is 48.0 Å². The zero-order valence-electron chi connectivity index (χ0n) is 18.7. The van der Waals surface area contributed by atoms with E-state index in [1.165, 1.54) is 58.5 Å². The third kappa shape index (κ3) is 4.98. The van der Waals surface area contributed by atoms with Crippen LogP contribution in [-0.2, 0) is 24.8 Å². The summed E-state index contributed by atoms with van der Waals surface area (Å²) in [6.45, 7) is 1.24. The van der Waals surface area contributed by atoms with Crippen LogP contribution in [0.3, 0.4) is 0 Å². The van der Waals surface area contributed by atoms with Crippen LogP contribution >= 0.6 is 0 Å². The van der Waals surface area contributed by atoms with Gasteiger partial charge in [-0.3, -0.25) is 4.79 Å². The van der Waals surface area contributed by atoms with E-state index in [1.807, 2.05) is 0 Å². The molecule has 0 saturated carbocycles. The minimum absolute atomic E-state index is 0.0196. The zero-order chi connectivity index (χ0) is 24.6. The number of aryl methyl sites for hydroxylation is 1. The minimum atomic E-state index is -3.69. The van der Waals surface area contributed by atoms with Gasteiger partial charge in [0, 0.05) is 33.9 Å². The number of hydrogen-bond acceptors (Lipinski definition) is 8. The van der Waals surface area contributed by atoms with Gasteiger partial charge in [-0.2, -0.15) is 0 Å². The molecule has 0 fully saturated rings. The molecule has 14 heteroatoms. The zero-order valence-corrected chi connectivity index (χ0v) is 20.3. The lowest BCUT2D eigenvalue weighted by Crippen LogP contribution is -2.27. The quantitative estimate of drug-likeness (QED) is 0.469. The first-order valence-electron chi connectivity index (χ1n) is 9.58. The van der Waals surface area contributed by atoms with E-state index in [-0.39, 0.29) is 15.3 Å². The summed E-state index contributed by atoms with van der Waals surface area (Å²) in [6.07, 6.45) is 0. The van der Waals surface area contributed by atoms with Crippen molar-refractivity contribution < 1.29 is 26.5 Å². The van der Waals surface area contributed by atoms with Crippen LogP contribution in [0.1, 0.15) is 5.56 Å². The number of rotatable bonds is 8. The summed E-state index contributed by atoms with van der Waals surface area (Å²) in [7, 11) is -1.70. The van der Waals surface area contributed by atoms with E-state index in [0.29, 0.717) is 16.8 Å². The van der Waals surface area contributed by atoms with Crippen molar-refractivity contribution in [2.45, 2.75) is 16.7 Å². The molecule has 3 aromatic rings. The topological polar surface area (TPSA) is 144 Å². The number of fused-ring (bicyclic) bond motifs is 1. The molecule has 0 unspecified atom stereocenters. The number of benzene rings is 2. The molecule has 3 rings (SSSR count). The SMILES string of the molecule is Cc1ccc(S(=O)(=O)N(C)C)cc1NC(=O)COn1nnc2ccc(S(=O)(=O)N(C)C)cc21. The lowest BCUT2D eigenvalue weighted by Gasteiger charge is -2.14. The lowest BCUT2D eigenvalue weighted by molar-refractivity contribution is -0.121. The number of nitrogens with one attached hydrogen (secondary N) is 1. The smallest absolute Gasteiger partial charge is 0.265 e. The molecular formula is C19H24N6O6S2. The first-order valence-corrected chi connectivity index (χ1v) is 12.5. The summed E-state index contributed by atoms with van der Waals surface area (Å²) in [5, 5.41) is 10.3. The number of amides is 1. The Bertz CT molecular complexity index is 1410. The van der Waals surface area contributed by atoms with Crippen LogP contribution in [0.25, 0.3) is 11.0 Å². The highest BCUT2D eigenvalue weighted by atomic mass is 32.2.